The molecule has 0 aliphatic carbocycles. The Kier molecular flexibility index (Phi) is 2.35. The summed E-state index contributed by atoms with van der Waals surface area (Å²) in [6.07, 6.45) is 3.21. The fourth-order valence-electron chi connectivity index (χ4n) is 1.61. The summed E-state index contributed by atoms with van der Waals surface area (Å²) in [5.41, 5.74) is 1.25. The predicted molar refractivity (Wildman–Crippen MR) is 61.8 cm³/mol. The van der Waals surface area contributed by atoms with Gasteiger partial charge in [0.1, 0.15) is 0 Å². The van der Waals surface area contributed by atoms with Gasteiger partial charge in [0.15, 0.2) is 0 Å². The Morgan fingerprint density at radius 3 is 2.94 bits per heavy atom. The van der Waals surface area contributed by atoms with Crippen LogP contribution in [0.3, 0.4) is 0 Å². The standard InChI is InChI=1S/C12H15N3O/c1-9(2)15-11(5-7-14-15)12-10(8-16)4-3-6-13-12/h3-7,9,16H,8H2,1-2H3/i8D2. The second kappa shape index (κ2) is 4.45. The van der Waals surface area contributed by atoms with E-state index in [4.69, 9.17) is 2.74 Å². The molecule has 4 nitrogen and oxygen atoms in total. The van der Waals surface area contributed by atoms with Gasteiger partial charge in [-0.1, -0.05) is 6.07 Å². The molecule has 16 heavy (non-hydrogen) atoms. The molecule has 0 atom stereocenters. The van der Waals surface area contributed by atoms with Crippen molar-refractivity contribution in [1.82, 2.24) is 14.8 Å². The summed E-state index contributed by atoms with van der Waals surface area (Å²) in [5.74, 6) is 0. The van der Waals surface area contributed by atoms with Crippen LogP contribution >= 0.6 is 0 Å². The topological polar surface area (TPSA) is 50.9 Å². The number of hydrogen-bond donors (Lipinski definition) is 1. The van der Waals surface area contributed by atoms with E-state index < -0.39 is 6.56 Å². The van der Waals surface area contributed by atoms with Crippen LogP contribution in [0.15, 0.2) is 30.6 Å². The van der Waals surface area contributed by atoms with Crippen LogP contribution in [0.1, 0.15) is 28.2 Å². The molecule has 0 fully saturated rings. The van der Waals surface area contributed by atoms with Crippen LogP contribution in [0.5, 0.6) is 0 Å². The maximum absolute atomic E-state index is 9.56. The van der Waals surface area contributed by atoms with Gasteiger partial charge in [0.25, 0.3) is 0 Å². The Balaban J connectivity index is 2.61. The third kappa shape index (κ3) is 1.84. The van der Waals surface area contributed by atoms with Crippen molar-refractivity contribution in [2.75, 3.05) is 0 Å². The number of pyridine rings is 1. The lowest BCUT2D eigenvalue weighted by Crippen LogP contribution is -2.06. The highest BCUT2D eigenvalue weighted by Crippen LogP contribution is 2.23. The van der Waals surface area contributed by atoms with Gasteiger partial charge in [-0.2, -0.15) is 5.10 Å². The first-order chi connectivity index (χ1) is 8.41. The highest BCUT2D eigenvalue weighted by atomic mass is 16.3. The molecule has 84 valence electrons. The van der Waals surface area contributed by atoms with Gasteiger partial charge < -0.3 is 5.11 Å². The molecule has 0 aliphatic rings. The second-order valence-electron chi connectivity index (χ2n) is 3.77. The molecule has 0 bridgehead atoms. The lowest BCUT2D eigenvalue weighted by Gasteiger charge is -2.12. The first-order valence-corrected chi connectivity index (χ1v) is 5.13. The largest absolute Gasteiger partial charge is 0.392 e. The molecule has 0 unspecified atom stereocenters. The van der Waals surface area contributed by atoms with Gasteiger partial charge in [-0.05, 0) is 26.0 Å². The van der Waals surface area contributed by atoms with Crippen molar-refractivity contribution < 1.29 is 7.85 Å². The Morgan fingerprint density at radius 2 is 2.25 bits per heavy atom. The zero-order chi connectivity index (χ0) is 13.3. The fraction of sp³-hybridized carbons (Fsp3) is 0.333. The molecule has 1 N–H and O–H groups in total. The van der Waals surface area contributed by atoms with Crippen LogP contribution in [0, 0.1) is 0 Å². The summed E-state index contributed by atoms with van der Waals surface area (Å²) < 4.78 is 16.6. The molecular weight excluding hydrogens is 202 g/mol. The number of rotatable bonds is 3. The minimum absolute atomic E-state index is 0.134. The van der Waals surface area contributed by atoms with E-state index in [-0.39, 0.29) is 11.6 Å². The van der Waals surface area contributed by atoms with E-state index >= 15 is 0 Å². The summed E-state index contributed by atoms with van der Waals surface area (Å²) in [4.78, 5) is 4.17. The molecule has 0 amide bonds. The molecule has 2 rings (SSSR count). The zero-order valence-electron chi connectivity index (χ0n) is 11.3. The predicted octanol–water partition coefficient (Wildman–Crippen LogP) is 2.02. The summed E-state index contributed by atoms with van der Waals surface area (Å²) in [6, 6.07) is 5.02. The van der Waals surface area contributed by atoms with E-state index in [0.717, 1.165) is 0 Å². The Hall–Kier alpha value is -1.68. The molecule has 0 saturated carbocycles. The van der Waals surface area contributed by atoms with Crippen molar-refractivity contribution in [1.29, 1.82) is 0 Å². The Labute approximate surface area is 97.4 Å². The number of nitrogens with zero attached hydrogens (tertiary/aromatic N) is 3. The highest BCUT2D eigenvalue weighted by molar-refractivity contribution is 5.58. The quantitative estimate of drug-likeness (QED) is 0.859. The van der Waals surface area contributed by atoms with Crippen molar-refractivity contribution in [3.63, 3.8) is 0 Å². The van der Waals surface area contributed by atoms with Crippen molar-refractivity contribution >= 4 is 0 Å². The second-order valence-corrected chi connectivity index (χ2v) is 3.77. The van der Waals surface area contributed by atoms with Gasteiger partial charge in [0.05, 0.1) is 20.7 Å². The lowest BCUT2D eigenvalue weighted by molar-refractivity contribution is 0.282. The van der Waals surface area contributed by atoms with Crippen LogP contribution in [0.2, 0.25) is 0 Å². The highest BCUT2D eigenvalue weighted by Gasteiger charge is 2.12. The van der Waals surface area contributed by atoms with Gasteiger partial charge in [-0.3, -0.25) is 9.67 Å². The van der Waals surface area contributed by atoms with Crippen molar-refractivity contribution in [2.45, 2.75) is 26.4 Å². The Morgan fingerprint density at radius 1 is 1.44 bits per heavy atom. The zero-order valence-corrected chi connectivity index (χ0v) is 9.25. The number of hydrogen-bond acceptors (Lipinski definition) is 3. The van der Waals surface area contributed by atoms with E-state index in [9.17, 15) is 5.11 Å². The normalized spacial score (nSPS) is 13.8. The van der Waals surface area contributed by atoms with Crippen molar-refractivity contribution in [3.05, 3.63) is 36.2 Å². The third-order valence-electron chi connectivity index (χ3n) is 2.33. The first-order valence-electron chi connectivity index (χ1n) is 6.13. The first kappa shape index (κ1) is 8.47. The van der Waals surface area contributed by atoms with Gasteiger partial charge in [0, 0.05) is 24.0 Å². The van der Waals surface area contributed by atoms with Crippen LogP contribution in [0.25, 0.3) is 11.4 Å². The number of aliphatic hydroxyl groups is 1. The fourth-order valence-corrected chi connectivity index (χ4v) is 1.61. The average Bonchev–Trinajstić information content (AvgIpc) is 2.76. The van der Waals surface area contributed by atoms with E-state index in [1.807, 2.05) is 13.8 Å². The van der Waals surface area contributed by atoms with Crippen molar-refractivity contribution in [3.8, 4) is 11.4 Å². The maximum Gasteiger partial charge on any atom is 0.0938 e. The molecule has 2 heterocycles. The molecule has 0 saturated heterocycles. The minimum Gasteiger partial charge on any atom is -0.392 e. The minimum atomic E-state index is -2.42. The Bertz CT molecular complexity index is 546. The van der Waals surface area contributed by atoms with Gasteiger partial charge in [-0.25, -0.2) is 0 Å². The van der Waals surface area contributed by atoms with E-state index in [1.165, 1.54) is 6.07 Å². The van der Waals surface area contributed by atoms with Crippen LogP contribution < -0.4 is 0 Å². The SMILES string of the molecule is [2H]C([2H])(O)c1cccnc1-c1ccnn1C(C)C. The molecule has 2 aromatic rings. The summed E-state index contributed by atoms with van der Waals surface area (Å²) in [6.45, 7) is 1.54. The van der Waals surface area contributed by atoms with E-state index in [1.54, 1.807) is 29.2 Å². The maximum atomic E-state index is 9.56. The molecule has 0 radical (unpaired) electrons. The van der Waals surface area contributed by atoms with Gasteiger partial charge in [-0.15, -0.1) is 0 Å². The van der Waals surface area contributed by atoms with E-state index in [0.29, 0.717) is 11.4 Å². The monoisotopic (exact) mass is 219 g/mol. The van der Waals surface area contributed by atoms with Gasteiger partial charge in [0.2, 0.25) is 0 Å². The van der Waals surface area contributed by atoms with Crippen LogP contribution in [-0.4, -0.2) is 19.9 Å². The third-order valence-corrected chi connectivity index (χ3v) is 2.33. The molecule has 0 aliphatic heterocycles. The van der Waals surface area contributed by atoms with Crippen molar-refractivity contribution in [2.24, 2.45) is 0 Å². The lowest BCUT2D eigenvalue weighted by atomic mass is 10.1. The molecule has 0 aromatic carbocycles. The average molecular weight is 219 g/mol. The molecule has 0 spiro atoms. The molecular formula is C12H15N3O. The summed E-state index contributed by atoms with van der Waals surface area (Å²) >= 11 is 0. The van der Waals surface area contributed by atoms with Crippen LogP contribution in [-0.2, 0) is 6.56 Å². The van der Waals surface area contributed by atoms with Gasteiger partial charge >= 0.3 is 0 Å². The number of aromatic nitrogens is 3. The summed E-state index contributed by atoms with van der Waals surface area (Å²) in [5, 5.41) is 13.7. The van der Waals surface area contributed by atoms with E-state index in [2.05, 4.69) is 10.1 Å². The molecule has 2 aromatic heterocycles. The van der Waals surface area contributed by atoms with Crippen LogP contribution in [0.4, 0.5) is 0 Å². The molecule has 4 heteroatoms. The smallest absolute Gasteiger partial charge is 0.0938 e. The summed E-state index contributed by atoms with van der Waals surface area (Å²) in [7, 11) is 0.